The molecule has 1 unspecified atom stereocenters. The Morgan fingerprint density at radius 3 is 1.35 bits per heavy atom. The highest BCUT2D eigenvalue weighted by molar-refractivity contribution is 7.45. The first-order valence-electron chi connectivity index (χ1n) is 4.37. The number of rotatable bonds is 4. The van der Waals surface area contributed by atoms with Crippen LogP contribution in [-0.2, 0) is 18.7 Å². The molecule has 13 nitrogen and oxygen atoms in total. The Morgan fingerprint density at radius 2 is 1.20 bits per heavy atom. The van der Waals surface area contributed by atoms with E-state index < -0.39 is 33.6 Å². The average Bonchev–Trinajstić information content (AvgIpc) is 2.07. The minimum Gasteiger partial charge on any atom is -0.480 e. The minimum atomic E-state index is -4.64. The molecule has 0 aliphatic heterocycles. The van der Waals surface area contributed by atoms with Crippen molar-refractivity contribution in [1.82, 2.24) is 0 Å². The van der Waals surface area contributed by atoms with Gasteiger partial charge < -0.3 is 45.9 Å². The fourth-order valence-electron chi connectivity index (χ4n) is 0.421. The second kappa shape index (κ2) is 10.9. The predicted molar refractivity (Wildman–Crippen MR) is 62.6 cm³/mol. The molecule has 0 rings (SSSR count). The highest BCUT2D eigenvalue weighted by Gasteiger charge is 2.11. The number of hydrogen-bond donors (Lipinski definition) is 9. The summed E-state index contributed by atoms with van der Waals surface area (Å²) in [5, 5.41) is 8.22. The van der Waals surface area contributed by atoms with Crippen molar-refractivity contribution in [3.05, 3.63) is 0 Å². The van der Waals surface area contributed by atoms with Crippen molar-refractivity contribution in [2.45, 2.75) is 18.9 Å². The molecule has 0 bridgehead atoms. The van der Waals surface area contributed by atoms with E-state index in [-0.39, 0.29) is 12.8 Å². The maximum atomic E-state index is 10.1. The zero-order valence-corrected chi connectivity index (χ0v) is 11.6. The highest BCUT2D eigenvalue weighted by Crippen LogP contribution is 2.26. The Kier molecular flexibility index (Phi) is 13.1. The minimum absolute atomic E-state index is 0.0213. The molecule has 0 aliphatic carbocycles. The number of amides is 1. The lowest BCUT2D eigenvalue weighted by molar-refractivity contribution is -0.138. The molecule has 0 aliphatic rings. The number of aliphatic carboxylic acids is 1. The van der Waals surface area contributed by atoms with Gasteiger partial charge in [-0.3, -0.25) is 9.59 Å². The van der Waals surface area contributed by atoms with Gasteiger partial charge in [-0.25, -0.2) is 9.13 Å². The number of carbonyl (C=O) groups excluding carboxylic acids is 1. The molecule has 0 spiro atoms. The first-order chi connectivity index (χ1) is 8.54. The van der Waals surface area contributed by atoms with Gasteiger partial charge in [0.15, 0.2) is 0 Å². The first-order valence-corrected chi connectivity index (χ1v) is 7.50. The summed E-state index contributed by atoms with van der Waals surface area (Å²) >= 11 is 0. The van der Waals surface area contributed by atoms with Gasteiger partial charge >= 0.3 is 21.6 Å². The summed E-state index contributed by atoms with van der Waals surface area (Å²) < 4.78 is 17.8. The molecule has 0 heterocycles. The molecule has 122 valence electrons. The van der Waals surface area contributed by atoms with Gasteiger partial charge in [-0.15, -0.1) is 0 Å². The smallest absolute Gasteiger partial charge is 0.466 e. The summed E-state index contributed by atoms with van der Waals surface area (Å²) in [6, 6.07) is -0.979. The zero-order chi connectivity index (χ0) is 17.1. The van der Waals surface area contributed by atoms with Crippen LogP contribution in [0.3, 0.4) is 0 Å². The van der Waals surface area contributed by atoms with E-state index in [2.05, 4.69) is 0 Å². The molecule has 1 atom stereocenters. The summed E-state index contributed by atoms with van der Waals surface area (Å²) in [5.41, 5.74) is 9.81. The van der Waals surface area contributed by atoms with Gasteiger partial charge in [-0.2, -0.15) is 0 Å². The molecule has 0 saturated heterocycles. The van der Waals surface area contributed by atoms with Crippen molar-refractivity contribution in [3.8, 4) is 0 Å². The van der Waals surface area contributed by atoms with Crippen LogP contribution < -0.4 is 11.5 Å². The number of carbonyl (C=O) groups is 2. The van der Waals surface area contributed by atoms with E-state index in [1.165, 1.54) is 0 Å². The van der Waals surface area contributed by atoms with Gasteiger partial charge in [0.2, 0.25) is 5.91 Å². The van der Waals surface area contributed by atoms with E-state index in [0.29, 0.717) is 0 Å². The molecule has 20 heavy (non-hydrogen) atoms. The van der Waals surface area contributed by atoms with Crippen LogP contribution in [0.2, 0.25) is 0 Å². The summed E-state index contributed by atoms with van der Waals surface area (Å²) in [7, 11) is -9.28. The van der Waals surface area contributed by atoms with Crippen LogP contribution in [0.15, 0.2) is 0 Å². The molecular formula is C5H16N2O11P2. The number of carboxylic acids is 1. The molecular weight excluding hydrogens is 326 g/mol. The van der Waals surface area contributed by atoms with E-state index in [1.807, 2.05) is 0 Å². The maximum Gasteiger partial charge on any atom is 0.466 e. The van der Waals surface area contributed by atoms with Crippen LogP contribution >= 0.6 is 15.6 Å². The van der Waals surface area contributed by atoms with Crippen LogP contribution in [0.1, 0.15) is 12.8 Å². The fourth-order valence-corrected chi connectivity index (χ4v) is 0.421. The first kappa shape index (κ1) is 24.2. The number of carboxylic acid groups (broad SMARTS) is 1. The van der Waals surface area contributed by atoms with Crippen molar-refractivity contribution < 1.29 is 53.2 Å². The van der Waals surface area contributed by atoms with Crippen LogP contribution in [0.25, 0.3) is 0 Å². The second-order valence-electron chi connectivity index (χ2n) is 2.98. The quantitative estimate of drug-likeness (QED) is 0.229. The predicted octanol–water partition coefficient (Wildman–Crippen LogP) is -3.19. The van der Waals surface area contributed by atoms with E-state index in [0.717, 1.165) is 0 Å². The summed E-state index contributed by atoms with van der Waals surface area (Å²) in [5.74, 6) is -1.64. The third kappa shape index (κ3) is 67.5. The van der Waals surface area contributed by atoms with Gasteiger partial charge in [0.1, 0.15) is 6.04 Å². The summed E-state index contributed by atoms with van der Waals surface area (Å²) in [6.45, 7) is 0. The lowest BCUT2D eigenvalue weighted by Crippen LogP contribution is -2.31. The number of phosphoric acid groups is 2. The van der Waals surface area contributed by atoms with Gasteiger partial charge in [0, 0.05) is 6.42 Å². The Morgan fingerprint density at radius 1 is 0.950 bits per heavy atom. The Hall–Kier alpha value is -0.880. The molecule has 0 aromatic rings. The monoisotopic (exact) mass is 342 g/mol. The zero-order valence-electron chi connectivity index (χ0n) is 9.80. The summed E-state index contributed by atoms with van der Waals surface area (Å²) in [4.78, 5) is 63.3. The number of nitrogens with two attached hydrogens (primary N) is 2. The van der Waals surface area contributed by atoms with Gasteiger partial charge in [0.25, 0.3) is 0 Å². The Bertz CT molecular complexity index is 350. The fraction of sp³-hybridized carbons (Fsp3) is 0.600. The van der Waals surface area contributed by atoms with Crippen molar-refractivity contribution in [2.24, 2.45) is 11.5 Å². The van der Waals surface area contributed by atoms with Gasteiger partial charge in [0.05, 0.1) is 0 Å². The Labute approximate surface area is 112 Å². The van der Waals surface area contributed by atoms with Crippen molar-refractivity contribution in [1.29, 1.82) is 0 Å². The SMILES string of the molecule is NC(=O)CCC(N)C(=O)O.O=P(O)(O)O.O=P(O)(O)O. The highest BCUT2D eigenvalue weighted by atomic mass is 31.2. The largest absolute Gasteiger partial charge is 0.480 e. The molecule has 0 fully saturated rings. The standard InChI is InChI=1S/C5H10N2O3.2H3O4P/c6-3(5(9)10)1-2-4(7)8;2*1-5(2,3)4/h3H,1-2,6H2,(H2,7,8)(H,9,10);2*(H3,1,2,3,4). The topological polar surface area (TPSA) is 262 Å². The molecule has 11 N–H and O–H groups in total. The van der Waals surface area contributed by atoms with Crippen LogP contribution in [0.4, 0.5) is 0 Å². The van der Waals surface area contributed by atoms with E-state index in [1.54, 1.807) is 0 Å². The molecule has 0 saturated carbocycles. The summed E-state index contributed by atoms with van der Waals surface area (Å²) in [6.07, 6.45) is 0.123. The van der Waals surface area contributed by atoms with Gasteiger partial charge in [-0.1, -0.05) is 0 Å². The molecule has 1 amide bonds. The lowest BCUT2D eigenvalue weighted by Gasteiger charge is -2.01. The number of primary amides is 1. The van der Waals surface area contributed by atoms with Crippen molar-refractivity contribution >= 4 is 27.5 Å². The average molecular weight is 342 g/mol. The third-order valence-electron chi connectivity index (χ3n) is 1.02. The normalized spacial score (nSPS) is 12.2. The van der Waals surface area contributed by atoms with Crippen molar-refractivity contribution in [2.75, 3.05) is 0 Å². The number of hydrogen-bond acceptors (Lipinski definition) is 5. The lowest BCUT2D eigenvalue weighted by atomic mass is 10.2. The van der Waals surface area contributed by atoms with Crippen LogP contribution in [-0.4, -0.2) is 52.4 Å². The molecule has 0 aromatic heterocycles. The van der Waals surface area contributed by atoms with E-state index in [9.17, 15) is 9.59 Å². The molecule has 15 heteroatoms. The maximum absolute atomic E-state index is 10.1. The van der Waals surface area contributed by atoms with Crippen LogP contribution in [0, 0.1) is 0 Å². The van der Waals surface area contributed by atoms with E-state index in [4.69, 9.17) is 55.1 Å². The van der Waals surface area contributed by atoms with Crippen molar-refractivity contribution in [3.63, 3.8) is 0 Å². The molecule has 0 aromatic carbocycles. The third-order valence-corrected chi connectivity index (χ3v) is 1.02. The van der Waals surface area contributed by atoms with Crippen LogP contribution in [0.5, 0.6) is 0 Å². The molecule has 0 radical (unpaired) electrons. The van der Waals surface area contributed by atoms with Gasteiger partial charge in [-0.05, 0) is 6.42 Å². The Balaban J connectivity index is -0.000000244. The second-order valence-corrected chi connectivity index (χ2v) is 5.03. The van der Waals surface area contributed by atoms with E-state index >= 15 is 0 Å².